The van der Waals surface area contributed by atoms with Gasteiger partial charge in [-0.05, 0) is 48.5 Å². The van der Waals surface area contributed by atoms with E-state index in [0.29, 0.717) is 29.4 Å². The van der Waals surface area contributed by atoms with E-state index in [4.69, 9.17) is 0 Å². The number of rotatable bonds is 8. The molecule has 0 aliphatic rings. The third-order valence-corrected chi connectivity index (χ3v) is 6.47. The van der Waals surface area contributed by atoms with E-state index in [2.05, 4.69) is 25.8 Å². The molecule has 4 rings (SSSR count). The van der Waals surface area contributed by atoms with Gasteiger partial charge in [0.05, 0.1) is 11.4 Å². The van der Waals surface area contributed by atoms with Crippen molar-refractivity contribution >= 4 is 21.4 Å². The molecule has 35 heavy (non-hydrogen) atoms. The van der Waals surface area contributed by atoms with Crippen LogP contribution in [0.25, 0.3) is 11.4 Å². The average molecular weight is 495 g/mol. The molecule has 180 valence electrons. The van der Waals surface area contributed by atoms with Gasteiger partial charge in [-0.2, -0.15) is 0 Å². The van der Waals surface area contributed by atoms with E-state index < -0.39 is 21.6 Å². The summed E-state index contributed by atoms with van der Waals surface area (Å²) in [5.41, 5.74) is 2.04. The Hall–Kier alpha value is -4.12. The highest BCUT2D eigenvalue weighted by Gasteiger charge is 2.14. The van der Waals surface area contributed by atoms with E-state index in [9.17, 15) is 17.6 Å². The van der Waals surface area contributed by atoms with Gasteiger partial charge in [-0.1, -0.05) is 6.07 Å². The molecule has 2 heterocycles. The van der Waals surface area contributed by atoms with Gasteiger partial charge < -0.3 is 15.2 Å². The second kappa shape index (κ2) is 10.0. The van der Waals surface area contributed by atoms with Crippen molar-refractivity contribution in [2.24, 2.45) is 7.05 Å². The summed E-state index contributed by atoms with van der Waals surface area (Å²) in [5.74, 6) is 0.400. The maximum absolute atomic E-state index is 14.1. The third-order valence-electron chi connectivity index (χ3n) is 5.36. The number of hydrogen-bond donors (Lipinski definition) is 2. The number of pyridine rings is 1. The summed E-state index contributed by atoms with van der Waals surface area (Å²) in [7, 11) is -1.62. The first-order valence-electron chi connectivity index (χ1n) is 10.6. The maximum Gasteiger partial charge on any atom is 0.251 e. The Morgan fingerprint density at radius 2 is 1.80 bits per heavy atom. The molecule has 0 bridgehead atoms. The number of carbonyl (C=O) groups is 1. The number of hydrogen-bond acceptors (Lipinski definition) is 7. The van der Waals surface area contributed by atoms with Crippen molar-refractivity contribution in [2.45, 2.75) is 18.0 Å². The largest absolute Gasteiger partial charge is 0.378 e. The Morgan fingerprint density at radius 3 is 2.54 bits per heavy atom. The lowest BCUT2D eigenvalue weighted by Crippen LogP contribution is -2.23. The topological polar surface area (TPSA) is 119 Å². The number of halogens is 1. The molecule has 0 saturated heterocycles. The van der Waals surface area contributed by atoms with E-state index in [1.807, 2.05) is 29.8 Å². The SMILES string of the molecule is Cn1c(CNc2cccc(C(=O)NCc3cc(S(C)(=O)=O)ccc3F)c2)nnc1-c1ccncc1. The second-order valence-corrected chi connectivity index (χ2v) is 9.89. The maximum atomic E-state index is 14.1. The molecule has 2 aromatic heterocycles. The minimum Gasteiger partial charge on any atom is -0.378 e. The van der Waals surface area contributed by atoms with Crippen LogP contribution in [0.1, 0.15) is 21.7 Å². The van der Waals surface area contributed by atoms with Crippen LogP contribution >= 0.6 is 0 Å². The Labute approximate surface area is 202 Å². The Morgan fingerprint density at radius 1 is 1.03 bits per heavy atom. The number of aromatic nitrogens is 4. The second-order valence-electron chi connectivity index (χ2n) is 7.88. The first-order chi connectivity index (χ1) is 16.7. The van der Waals surface area contributed by atoms with Crippen molar-refractivity contribution < 1.29 is 17.6 Å². The van der Waals surface area contributed by atoms with Crippen molar-refractivity contribution in [3.05, 3.63) is 89.8 Å². The highest BCUT2D eigenvalue weighted by molar-refractivity contribution is 7.90. The predicted molar refractivity (Wildman–Crippen MR) is 129 cm³/mol. The molecule has 0 radical (unpaired) electrons. The molecule has 1 amide bonds. The molecule has 0 atom stereocenters. The smallest absolute Gasteiger partial charge is 0.251 e. The normalized spacial score (nSPS) is 11.3. The molecule has 4 aromatic rings. The fourth-order valence-electron chi connectivity index (χ4n) is 3.41. The lowest BCUT2D eigenvalue weighted by molar-refractivity contribution is 0.0950. The van der Waals surface area contributed by atoms with Gasteiger partial charge in [0.25, 0.3) is 5.91 Å². The number of carbonyl (C=O) groups excluding carboxylic acids is 1. The molecule has 0 unspecified atom stereocenters. The van der Waals surface area contributed by atoms with Crippen molar-refractivity contribution in [3.63, 3.8) is 0 Å². The number of amides is 1. The van der Waals surface area contributed by atoms with E-state index in [1.165, 1.54) is 12.1 Å². The van der Waals surface area contributed by atoms with E-state index in [-0.39, 0.29) is 17.0 Å². The number of benzene rings is 2. The van der Waals surface area contributed by atoms with Gasteiger partial charge in [-0.25, -0.2) is 12.8 Å². The zero-order valence-corrected chi connectivity index (χ0v) is 19.9. The zero-order valence-electron chi connectivity index (χ0n) is 19.1. The number of nitrogens with zero attached hydrogens (tertiary/aromatic N) is 4. The van der Waals surface area contributed by atoms with Crippen LogP contribution in [0.15, 0.2) is 71.9 Å². The van der Waals surface area contributed by atoms with Gasteiger partial charge in [0, 0.05) is 54.6 Å². The van der Waals surface area contributed by atoms with Gasteiger partial charge in [0.15, 0.2) is 21.5 Å². The van der Waals surface area contributed by atoms with Crippen molar-refractivity contribution in [1.82, 2.24) is 25.1 Å². The monoisotopic (exact) mass is 494 g/mol. The van der Waals surface area contributed by atoms with Crippen LogP contribution in [-0.2, 0) is 30.0 Å². The summed E-state index contributed by atoms with van der Waals surface area (Å²) in [6.07, 6.45) is 4.42. The average Bonchev–Trinajstić information content (AvgIpc) is 3.22. The van der Waals surface area contributed by atoms with Gasteiger partial charge >= 0.3 is 0 Å². The minimum atomic E-state index is -3.49. The van der Waals surface area contributed by atoms with Crippen LogP contribution in [0.2, 0.25) is 0 Å². The van der Waals surface area contributed by atoms with Crippen molar-refractivity contribution in [3.8, 4) is 11.4 Å². The summed E-state index contributed by atoms with van der Waals surface area (Å²) in [5, 5.41) is 14.3. The fourth-order valence-corrected chi connectivity index (χ4v) is 4.09. The van der Waals surface area contributed by atoms with Crippen LogP contribution in [-0.4, -0.2) is 40.3 Å². The number of anilines is 1. The molecule has 0 aliphatic heterocycles. The van der Waals surface area contributed by atoms with E-state index >= 15 is 0 Å². The summed E-state index contributed by atoms with van der Waals surface area (Å²) in [6.45, 7) is 0.228. The van der Waals surface area contributed by atoms with Crippen LogP contribution in [0, 0.1) is 5.82 Å². The molecule has 0 spiro atoms. The lowest BCUT2D eigenvalue weighted by atomic mass is 10.1. The van der Waals surface area contributed by atoms with Crippen LogP contribution < -0.4 is 10.6 Å². The van der Waals surface area contributed by atoms with Crippen LogP contribution in [0.4, 0.5) is 10.1 Å². The molecule has 2 aromatic carbocycles. The fraction of sp³-hybridized carbons (Fsp3) is 0.167. The Bertz CT molecular complexity index is 1470. The van der Waals surface area contributed by atoms with E-state index in [0.717, 1.165) is 17.9 Å². The third kappa shape index (κ3) is 5.69. The zero-order chi connectivity index (χ0) is 25.0. The summed E-state index contributed by atoms with van der Waals surface area (Å²) < 4.78 is 39.4. The van der Waals surface area contributed by atoms with Gasteiger partial charge in [-0.15, -0.1) is 10.2 Å². The number of nitrogens with one attached hydrogen (secondary N) is 2. The van der Waals surface area contributed by atoms with Crippen molar-refractivity contribution in [2.75, 3.05) is 11.6 Å². The summed E-state index contributed by atoms with van der Waals surface area (Å²) in [4.78, 5) is 16.6. The summed E-state index contributed by atoms with van der Waals surface area (Å²) in [6, 6.07) is 14.0. The minimum absolute atomic E-state index is 0.00907. The molecular weight excluding hydrogens is 471 g/mol. The first-order valence-corrected chi connectivity index (χ1v) is 12.5. The van der Waals surface area contributed by atoms with Gasteiger partial charge in [0.2, 0.25) is 0 Å². The Balaban J connectivity index is 1.41. The highest BCUT2D eigenvalue weighted by atomic mass is 32.2. The molecule has 9 nitrogen and oxygen atoms in total. The standard InChI is InChI=1S/C24H23FN6O3S/c1-31-22(29-30-23(31)16-8-10-26-11-9-16)15-27-19-5-3-4-17(12-19)24(32)28-14-18-13-20(35(2,33)34)6-7-21(18)25/h3-13,27H,14-15H2,1-2H3,(H,28,32). The van der Waals surface area contributed by atoms with Crippen LogP contribution in [0.3, 0.4) is 0 Å². The van der Waals surface area contributed by atoms with Gasteiger partial charge in [-0.3, -0.25) is 9.78 Å². The van der Waals surface area contributed by atoms with E-state index in [1.54, 1.807) is 30.6 Å². The molecule has 2 N–H and O–H groups in total. The van der Waals surface area contributed by atoms with Crippen molar-refractivity contribution in [1.29, 1.82) is 0 Å². The molecular formula is C24H23FN6O3S. The molecule has 0 saturated carbocycles. The van der Waals surface area contributed by atoms with Crippen LogP contribution in [0.5, 0.6) is 0 Å². The lowest BCUT2D eigenvalue weighted by Gasteiger charge is -2.10. The number of sulfone groups is 1. The first kappa shape index (κ1) is 24.0. The summed E-state index contributed by atoms with van der Waals surface area (Å²) >= 11 is 0. The molecule has 11 heteroatoms. The highest BCUT2D eigenvalue weighted by Crippen LogP contribution is 2.18. The molecule has 0 fully saturated rings. The Kier molecular flexibility index (Phi) is 6.87. The molecule has 0 aliphatic carbocycles. The quantitative estimate of drug-likeness (QED) is 0.362. The van der Waals surface area contributed by atoms with Gasteiger partial charge in [0.1, 0.15) is 5.82 Å². The predicted octanol–water partition coefficient (Wildman–Crippen LogP) is 2.96.